The Labute approximate surface area is 265 Å². The largest absolute Gasteiger partial charge is 0.463 e. The number of ether oxygens (including phenoxy) is 2. The number of hydrogen-bond donors (Lipinski definition) is 3. The number of fused-ring (bicyclic) bond motifs is 1. The summed E-state index contributed by atoms with van der Waals surface area (Å²) < 4.78 is 40.0. The van der Waals surface area contributed by atoms with Gasteiger partial charge in [-0.1, -0.05) is 38.1 Å². The Hall–Kier alpha value is -4.32. The van der Waals surface area contributed by atoms with Crippen molar-refractivity contribution >= 4 is 55.8 Å². The number of anilines is 3. The van der Waals surface area contributed by atoms with Gasteiger partial charge in [0.1, 0.15) is 18.2 Å². The molecule has 0 saturated heterocycles. The molecule has 45 heavy (non-hydrogen) atoms. The number of nitrogens with zero attached hydrogens (tertiary/aromatic N) is 1. The van der Waals surface area contributed by atoms with Crippen LogP contribution in [0, 0.1) is 11.3 Å². The molecule has 0 bridgehead atoms. The molecule has 0 unspecified atom stereocenters. The molecule has 3 rings (SSSR count). The Morgan fingerprint density at radius 3 is 2.00 bits per heavy atom. The lowest BCUT2D eigenvalue weighted by Crippen LogP contribution is -2.48. The van der Waals surface area contributed by atoms with Crippen molar-refractivity contribution in [2.45, 2.75) is 65.0 Å². The molecule has 0 aliphatic heterocycles. The molecule has 2 amide bonds. The van der Waals surface area contributed by atoms with Crippen LogP contribution in [0.2, 0.25) is 0 Å². The van der Waals surface area contributed by atoms with E-state index in [9.17, 15) is 22.8 Å². The second kappa shape index (κ2) is 13.8. The molecule has 1 atom stereocenters. The van der Waals surface area contributed by atoms with Crippen LogP contribution in [0.25, 0.3) is 10.8 Å². The van der Waals surface area contributed by atoms with Crippen molar-refractivity contribution in [2.75, 3.05) is 35.6 Å². The minimum Gasteiger partial charge on any atom is -0.463 e. The summed E-state index contributed by atoms with van der Waals surface area (Å²) >= 11 is 0. The standard InChI is InChI=1S/C33H44N4O7S/c1-21(2)28(35-31(40)44-32(3,4)5)29(38)43-20-33(6,7)30(39)34-22-16-18-23(19-17-22)36-45(41,42)27-15-11-12-24-25(27)13-10-14-26(24)37(8)9/h10-19,21,28,36H,20H2,1-9H3,(H,34,39)(H,35,40)/t28-/m1/s1. The minimum absolute atomic E-state index is 0.151. The number of carbonyl (C=O) groups is 3. The lowest BCUT2D eigenvalue weighted by atomic mass is 9.93. The summed E-state index contributed by atoms with van der Waals surface area (Å²) in [5.74, 6) is -1.39. The van der Waals surface area contributed by atoms with E-state index in [2.05, 4.69) is 15.4 Å². The second-order valence-corrected chi connectivity index (χ2v) is 14.7. The molecule has 0 aromatic heterocycles. The first-order valence-corrected chi connectivity index (χ1v) is 16.1. The van der Waals surface area contributed by atoms with Crippen molar-refractivity contribution in [2.24, 2.45) is 11.3 Å². The van der Waals surface area contributed by atoms with Gasteiger partial charge in [0, 0.05) is 41.9 Å². The van der Waals surface area contributed by atoms with E-state index in [1.807, 2.05) is 37.2 Å². The molecule has 3 aromatic rings. The average Bonchev–Trinajstić information content (AvgIpc) is 2.93. The van der Waals surface area contributed by atoms with E-state index in [-0.39, 0.29) is 17.4 Å². The molecule has 11 nitrogen and oxygen atoms in total. The Morgan fingerprint density at radius 2 is 1.42 bits per heavy atom. The number of esters is 1. The highest BCUT2D eigenvalue weighted by atomic mass is 32.2. The van der Waals surface area contributed by atoms with Gasteiger partial charge in [0.15, 0.2) is 0 Å². The van der Waals surface area contributed by atoms with Gasteiger partial charge in [0.05, 0.1) is 10.3 Å². The first kappa shape index (κ1) is 35.2. The monoisotopic (exact) mass is 640 g/mol. The second-order valence-electron chi connectivity index (χ2n) is 13.0. The zero-order valence-electron chi connectivity index (χ0n) is 27.3. The smallest absolute Gasteiger partial charge is 0.408 e. The van der Waals surface area contributed by atoms with Crippen molar-refractivity contribution in [3.63, 3.8) is 0 Å². The molecule has 0 radical (unpaired) electrons. The summed E-state index contributed by atoms with van der Waals surface area (Å²) in [6, 6.07) is 16.0. The number of amides is 2. The molecular formula is C33H44N4O7S. The zero-order chi connectivity index (χ0) is 33.7. The predicted octanol–water partition coefficient (Wildman–Crippen LogP) is 5.76. The molecule has 0 spiro atoms. The molecule has 12 heteroatoms. The van der Waals surface area contributed by atoms with Crippen LogP contribution >= 0.6 is 0 Å². The van der Waals surface area contributed by atoms with Crippen molar-refractivity contribution in [1.29, 1.82) is 0 Å². The van der Waals surface area contributed by atoms with Gasteiger partial charge >= 0.3 is 12.1 Å². The van der Waals surface area contributed by atoms with Gasteiger partial charge in [-0.15, -0.1) is 0 Å². The summed E-state index contributed by atoms with van der Waals surface area (Å²) in [5.41, 5.74) is -0.206. The highest BCUT2D eigenvalue weighted by Gasteiger charge is 2.33. The SMILES string of the molecule is CC(C)[C@@H](NC(=O)OC(C)(C)C)C(=O)OCC(C)(C)C(=O)Nc1ccc(NS(=O)(=O)c2cccc3c(N(C)C)cccc23)cc1. The molecule has 3 N–H and O–H groups in total. The average molecular weight is 641 g/mol. The maximum atomic E-state index is 13.4. The summed E-state index contributed by atoms with van der Waals surface area (Å²) in [7, 11) is -0.126. The van der Waals surface area contributed by atoms with Crippen LogP contribution in [-0.4, -0.2) is 58.7 Å². The fourth-order valence-corrected chi connectivity index (χ4v) is 5.64. The Bertz CT molecular complexity index is 1640. The number of hydrogen-bond acceptors (Lipinski definition) is 8. The highest BCUT2D eigenvalue weighted by Crippen LogP contribution is 2.31. The number of nitrogens with one attached hydrogen (secondary N) is 3. The van der Waals surface area contributed by atoms with E-state index in [0.717, 1.165) is 11.1 Å². The fraction of sp³-hybridized carbons (Fsp3) is 0.424. The molecule has 0 heterocycles. The molecule has 0 fully saturated rings. The van der Waals surface area contributed by atoms with E-state index < -0.39 is 45.1 Å². The Balaban J connectivity index is 1.64. The first-order chi connectivity index (χ1) is 20.8. The zero-order valence-corrected chi connectivity index (χ0v) is 28.2. The van der Waals surface area contributed by atoms with Crippen LogP contribution in [0.1, 0.15) is 48.5 Å². The predicted molar refractivity (Wildman–Crippen MR) is 177 cm³/mol. The molecule has 244 valence electrons. The number of benzene rings is 3. The lowest BCUT2D eigenvalue weighted by molar-refractivity contribution is -0.152. The van der Waals surface area contributed by atoms with Crippen LogP contribution in [0.4, 0.5) is 21.9 Å². The molecular weight excluding hydrogens is 596 g/mol. The van der Waals surface area contributed by atoms with Crippen molar-refractivity contribution < 1.29 is 32.3 Å². The van der Waals surface area contributed by atoms with Crippen LogP contribution in [0.3, 0.4) is 0 Å². The van der Waals surface area contributed by atoms with Crippen molar-refractivity contribution in [3.05, 3.63) is 60.7 Å². The Kier molecular flexibility index (Phi) is 10.8. The highest BCUT2D eigenvalue weighted by molar-refractivity contribution is 7.93. The van der Waals surface area contributed by atoms with Gasteiger partial charge in [-0.2, -0.15) is 0 Å². The fourth-order valence-electron chi connectivity index (χ4n) is 4.36. The van der Waals surface area contributed by atoms with E-state index in [1.54, 1.807) is 90.9 Å². The van der Waals surface area contributed by atoms with E-state index in [1.165, 1.54) is 0 Å². The van der Waals surface area contributed by atoms with Gasteiger partial charge in [-0.05, 0) is 76.9 Å². The number of alkyl carbamates (subject to hydrolysis) is 1. The third-order valence-corrected chi connectivity index (χ3v) is 8.25. The first-order valence-electron chi connectivity index (χ1n) is 14.6. The van der Waals surface area contributed by atoms with E-state index in [0.29, 0.717) is 16.8 Å². The maximum absolute atomic E-state index is 13.4. The Morgan fingerprint density at radius 1 is 0.844 bits per heavy atom. The minimum atomic E-state index is -3.93. The molecule has 0 aliphatic rings. The van der Waals surface area contributed by atoms with Crippen LogP contribution in [0.15, 0.2) is 65.6 Å². The van der Waals surface area contributed by atoms with Crippen molar-refractivity contribution in [1.82, 2.24) is 5.32 Å². The van der Waals surface area contributed by atoms with Gasteiger partial charge in [0.25, 0.3) is 10.0 Å². The topological polar surface area (TPSA) is 143 Å². The third kappa shape index (κ3) is 9.34. The normalized spacial score (nSPS) is 12.8. The van der Waals surface area contributed by atoms with E-state index in [4.69, 9.17) is 9.47 Å². The lowest BCUT2D eigenvalue weighted by Gasteiger charge is -2.27. The van der Waals surface area contributed by atoms with Crippen LogP contribution in [-0.2, 0) is 29.1 Å². The third-order valence-electron chi connectivity index (χ3n) is 6.81. The number of carbonyl (C=O) groups excluding carboxylic acids is 3. The van der Waals surface area contributed by atoms with Gasteiger partial charge < -0.3 is 25.0 Å². The summed E-state index contributed by atoms with van der Waals surface area (Å²) in [6.07, 6.45) is -0.739. The van der Waals surface area contributed by atoms with Crippen LogP contribution < -0.4 is 20.3 Å². The maximum Gasteiger partial charge on any atom is 0.408 e. The summed E-state index contributed by atoms with van der Waals surface area (Å²) in [5, 5.41) is 6.73. The van der Waals surface area contributed by atoms with Gasteiger partial charge in [0.2, 0.25) is 5.91 Å². The van der Waals surface area contributed by atoms with Gasteiger partial charge in [-0.3, -0.25) is 9.52 Å². The number of rotatable bonds is 11. The van der Waals surface area contributed by atoms with E-state index >= 15 is 0 Å². The molecule has 0 aliphatic carbocycles. The summed E-state index contributed by atoms with van der Waals surface area (Å²) in [6.45, 7) is 11.7. The van der Waals surface area contributed by atoms with Gasteiger partial charge in [-0.25, -0.2) is 18.0 Å². The van der Waals surface area contributed by atoms with Crippen LogP contribution in [0.5, 0.6) is 0 Å². The summed E-state index contributed by atoms with van der Waals surface area (Å²) in [4.78, 5) is 40.2. The molecule has 3 aromatic carbocycles. The molecule has 0 saturated carbocycles. The number of sulfonamides is 1. The quantitative estimate of drug-likeness (QED) is 0.225. The van der Waals surface area contributed by atoms with Crippen molar-refractivity contribution in [3.8, 4) is 0 Å².